The van der Waals surface area contributed by atoms with Crippen LogP contribution in [0.25, 0.3) is 0 Å². The molecule has 0 aromatic heterocycles. The lowest BCUT2D eigenvalue weighted by molar-refractivity contribution is -0.134. The molecular formula is C20H32N2O5. The largest absolute Gasteiger partial charge is 0.497 e. The molecule has 1 rings (SSSR count). The number of methoxy groups -OCH3 is 1. The minimum absolute atomic E-state index is 0.102. The molecule has 2 amide bonds. The van der Waals surface area contributed by atoms with Crippen molar-refractivity contribution in [2.45, 2.75) is 52.4 Å². The van der Waals surface area contributed by atoms with Crippen molar-refractivity contribution in [2.75, 3.05) is 20.7 Å². The average Bonchev–Trinajstić information content (AvgIpc) is 2.57. The van der Waals surface area contributed by atoms with E-state index in [0.717, 1.165) is 0 Å². The summed E-state index contributed by atoms with van der Waals surface area (Å²) in [6, 6.07) is 6.26. The number of aliphatic hydroxyl groups excluding tert-OH is 1. The monoisotopic (exact) mass is 380 g/mol. The molecule has 1 aromatic rings. The van der Waals surface area contributed by atoms with Gasteiger partial charge in [0.2, 0.25) is 5.91 Å². The van der Waals surface area contributed by atoms with E-state index in [2.05, 4.69) is 5.32 Å². The fourth-order valence-corrected chi connectivity index (χ4v) is 2.47. The smallest absolute Gasteiger partial charge is 0.408 e. The van der Waals surface area contributed by atoms with Crippen molar-refractivity contribution in [1.29, 1.82) is 0 Å². The molecule has 7 heteroatoms. The van der Waals surface area contributed by atoms with Gasteiger partial charge in [0, 0.05) is 7.05 Å². The van der Waals surface area contributed by atoms with Gasteiger partial charge in [0.1, 0.15) is 17.4 Å². The third-order valence-electron chi connectivity index (χ3n) is 3.93. The van der Waals surface area contributed by atoms with E-state index in [-0.39, 0.29) is 18.4 Å². The predicted octanol–water partition coefficient (Wildman–Crippen LogP) is 2.74. The van der Waals surface area contributed by atoms with Crippen molar-refractivity contribution < 1.29 is 24.2 Å². The van der Waals surface area contributed by atoms with Gasteiger partial charge < -0.3 is 24.8 Å². The summed E-state index contributed by atoms with van der Waals surface area (Å²) >= 11 is 0. The van der Waals surface area contributed by atoms with E-state index in [1.165, 1.54) is 4.90 Å². The van der Waals surface area contributed by atoms with Gasteiger partial charge in [-0.2, -0.15) is 0 Å². The van der Waals surface area contributed by atoms with Crippen LogP contribution in [0.2, 0.25) is 0 Å². The molecule has 0 spiro atoms. The molecule has 152 valence electrons. The number of benzene rings is 1. The minimum atomic E-state index is -0.848. The molecule has 0 aliphatic carbocycles. The van der Waals surface area contributed by atoms with Gasteiger partial charge in [-0.15, -0.1) is 0 Å². The quantitative estimate of drug-likeness (QED) is 0.759. The van der Waals surface area contributed by atoms with E-state index in [1.807, 2.05) is 13.8 Å². The van der Waals surface area contributed by atoms with Crippen molar-refractivity contribution in [2.24, 2.45) is 5.92 Å². The normalized spacial score (nSPS) is 13.7. The van der Waals surface area contributed by atoms with Gasteiger partial charge in [-0.25, -0.2) is 4.79 Å². The van der Waals surface area contributed by atoms with E-state index in [0.29, 0.717) is 11.3 Å². The van der Waals surface area contributed by atoms with Gasteiger partial charge in [0.25, 0.3) is 0 Å². The highest BCUT2D eigenvalue weighted by molar-refractivity contribution is 5.85. The number of ether oxygens (including phenoxy) is 2. The number of aliphatic hydroxyl groups is 1. The highest BCUT2D eigenvalue weighted by atomic mass is 16.6. The second-order valence-corrected chi connectivity index (χ2v) is 7.88. The molecule has 7 nitrogen and oxygen atoms in total. The Kier molecular flexibility index (Phi) is 8.09. The Balaban J connectivity index is 2.75. The van der Waals surface area contributed by atoms with Crippen LogP contribution in [0.1, 0.15) is 46.3 Å². The first kappa shape index (κ1) is 22.8. The lowest BCUT2D eigenvalue weighted by atomic mass is 10.0. The lowest BCUT2D eigenvalue weighted by Gasteiger charge is -2.29. The summed E-state index contributed by atoms with van der Waals surface area (Å²) in [5.41, 5.74) is 0.0298. The SMILES string of the molecule is COc1ccc(C(O)CN(C)C(=O)C(NC(=O)OC(C)(C)C)C(C)C)cc1. The Hall–Kier alpha value is -2.28. The fourth-order valence-electron chi connectivity index (χ4n) is 2.47. The Bertz CT molecular complexity index is 622. The van der Waals surface area contributed by atoms with Crippen molar-refractivity contribution in [3.8, 4) is 5.75 Å². The van der Waals surface area contributed by atoms with Gasteiger partial charge in [-0.1, -0.05) is 26.0 Å². The molecule has 2 unspecified atom stereocenters. The highest BCUT2D eigenvalue weighted by Gasteiger charge is 2.30. The number of amides is 2. The number of likely N-dealkylation sites (N-methyl/N-ethyl adjacent to an activating group) is 1. The zero-order valence-corrected chi connectivity index (χ0v) is 17.3. The summed E-state index contributed by atoms with van der Waals surface area (Å²) in [7, 11) is 3.17. The van der Waals surface area contributed by atoms with Gasteiger partial charge in [0.15, 0.2) is 0 Å². The molecule has 0 aliphatic rings. The van der Waals surface area contributed by atoms with Crippen LogP contribution in [0.3, 0.4) is 0 Å². The summed E-state index contributed by atoms with van der Waals surface area (Å²) in [6.45, 7) is 9.06. The fraction of sp³-hybridized carbons (Fsp3) is 0.600. The van der Waals surface area contributed by atoms with E-state index < -0.39 is 23.8 Å². The molecular weight excluding hydrogens is 348 g/mol. The number of hydrogen-bond acceptors (Lipinski definition) is 5. The van der Waals surface area contributed by atoms with Crippen LogP contribution >= 0.6 is 0 Å². The van der Waals surface area contributed by atoms with Gasteiger partial charge in [-0.3, -0.25) is 4.79 Å². The number of carbonyl (C=O) groups excluding carboxylic acids is 2. The maximum Gasteiger partial charge on any atom is 0.408 e. The number of nitrogens with one attached hydrogen (secondary N) is 1. The molecule has 1 aromatic carbocycles. The summed E-state index contributed by atoms with van der Waals surface area (Å²) in [5.74, 6) is 0.269. The first-order chi connectivity index (χ1) is 12.4. The first-order valence-electron chi connectivity index (χ1n) is 9.01. The van der Waals surface area contributed by atoms with Crippen LogP contribution in [-0.4, -0.2) is 54.4 Å². The third kappa shape index (κ3) is 7.46. The summed E-state index contributed by atoms with van der Waals surface area (Å²) < 4.78 is 10.3. The van der Waals surface area contributed by atoms with Crippen LogP contribution in [-0.2, 0) is 9.53 Å². The molecule has 0 bridgehead atoms. The topological polar surface area (TPSA) is 88.1 Å². The summed E-state index contributed by atoms with van der Waals surface area (Å²) in [5, 5.41) is 13.0. The zero-order chi connectivity index (χ0) is 20.8. The number of hydrogen-bond donors (Lipinski definition) is 2. The zero-order valence-electron chi connectivity index (χ0n) is 17.3. The molecule has 0 aliphatic heterocycles. The minimum Gasteiger partial charge on any atom is -0.497 e. The highest BCUT2D eigenvalue weighted by Crippen LogP contribution is 2.19. The third-order valence-corrected chi connectivity index (χ3v) is 3.93. The van der Waals surface area contributed by atoms with Crippen LogP contribution in [0.5, 0.6) is 5.75 Å². The Morgan fingerprint density at radius 3 is 2.19 bits per heavy atom. The molecule has 0 saturated heterocycles. The lowest BCUT2D eigenvalue weighted by Crippen LogP contribution is -2.51. The Morgan fingerprint density at radius 2 is 1.74 bits per heavy atom. The van der Waals surface area contributed by atoms with Crippen molar-refractivity contribution >= 4 is 12.0 Å². The first-order valence-corrected chi connectivity index (χ1v) is 9.01. The molecule has 2 N–H and O–H groups in total. The predicted molar refractivity (Wildman–Crippen MR) is 104 cm³/mol. The molecule has 2 atom stereocenters. The van der Waals surface area contributed by atoms with Crippen LogP contribution in [0, 0.1) is 5.92 Å². The summed E-state index contributed by atoms with van der Waals surface area (Å²) in [6.07, 6.45) is -1.49. The number of nitrogens with zero attached hydrogens (tertiary/aromatic N) is 1. The van der Waals surface area contributed by atoms with Gasteiger partial charge in [-0.05, 0) is 44.4 Å². The van der Waals surface area contributed by atoms with Crippen LogP contribution in [0.15, 0.2) is 24.3 Å². The number of carbonyl (C=O) groups is 2. The van der Waals surface area contributed by atoms with Crippen molar-refractivity contribution in [3.05, 3.63) is 29.8 Å². The second kappa shape index (κ2) is 9.60. The number of alkyl carbamates (subject to hydrolysis) is 1. The average molecular weight is 380 g/mol. The van der Waals surface area contributed by atoms with Gasteiger partial charge >= 0.3 is 6.09 Å². The van der Waals surface area contributed by atoms with Gasteiger partial charge in [0.05, 0.1) is 19.8 Å². The summed E-state index contributed by atoms with van der Waals surface area (Å²) in [4.78, 5) is 26.2. The van der Waals surface area contributed by atoms with Crippen LogP contribution < -0.4 is 10.1 Å². The van der Waals surface area contributed by atoms with E-state index in [9.17, 15) is 14.7 Å². The standard InChI is InChI=1S/C20H32N2O5/c1-13(2)17(21-19(25)27-20(3,4)5)18(24)22(6)12-16(23)14-8-10-15(26-7)11-9-14/h8-11,13,16-17,23H,12H2,1-7H3,(H,21,25). The van der Waals surface area contributed by atoms with Crippen molar-refractivity contribution in [1.82, 2.24) is 10.2 Å². The van der Waals surface area contributed by atoms with Crippen molar-refractivity contribution in [3.63, 3.8) is 0 Å². The van der Waals surface area contributed by atoms with E-state index in [4.69, 9.17) is 9.47 Å². The number of rotatable bonds is 7. The molecule has 27 heavy (non-hydrogen) atoms. The molecule has 0 saturated carbocycles. The van der Waals surface area contributed by atoms with E-state index in [1.54, 1.807) is 59.2 Å². The molecule has 0 heterocycles. The second-order valence-electron chi connectivity index (χ2n) is 7.88. The van der Waals surface area contributed by atoms with E-state index >= 15 is 0 Å². The maximum absolute atomic E-state index is 12.8. The molecule has 0 radical (unpaired) electrons. The maximum atomic E-state index is 12.8. The Labute approximate surface area is 161 Å². The Morgan fingerprint density at radius 1 is 1.19 bits per heavy atom. The van der Waals surface area contributed by atoms with Crippen LogP contribution in [0.4, 0.5) is 4.79 Å². The molecule has 0 fully saturated rings.